The quantitative estimate of drug-likeness (QED) is 0.158. The van der Waals surface area contributed by atoms with Gasteiger partial charge >= 0.3 is 8.25 Å². The summed E-state index contributed by atoms with van der Waals surface area (Å²) < 4.78 is 15.2. The largest absolute Gasteiger partial charge is 0.694 e. The predicted molar refractivity (Wildman–Crippen MR) is 126 cm³/mol. The number of carbonyl (C=O) groups excluding carboxylic acids is 3. The number of nitrogens with one attached hydrogen (secondary N) is 2. The molecule has 11 heteroatoms. The van der Waals surface area contributed by atoms with Crippen molar-refractivity contribution in [3.63, 3.8) is 0 Å². The molecule has 0 radical (unpaired) electrons. The molecule has 0 rings (SSSR count). The van der Waals surface area contributed by atoms with Gasteiger partial charge in [0.15, 0.2) is 5.12 Å². The second-order valence-corrected chi connectivity index (χ2v) is 10.3. The Balaban J connectivity index is 3.81. The van der Waals surface area contributed by atoms with Gasteiger partial charge in [-0.25, -0.2) is 0 Å². The highest BCUT2D eigenvalue weighted by Crippen LogP contribution is 2.26. The highest BCUT2D eigenvalue weighted by molar-refractivity contribution is 8.13. The number of hydrogen-bond acceptors (Lipinski definition) is 7. The first kappa shape index (κ1) is 30.9. The molecule has 0 bridgehead atoms. The van der Waals surface area contributed by atoms with Gasteiger partial charge in [0.25, 0.3) is 0 Å². The summed E-state index contributed by atoms with van der Waals surface area (Å²) in [7, 11) is -2.82. The van der Waals surface area contributed by atoms with Crippen LogP contribution in [0, 0.1) is 5.41 Å². The van der Waals surface area contributed by atoms with Crippen LogP contribution in [0.3, 0.4) is 0 Å². The van der Waals surface area contributed by atoms with Crippen LogP contribution in [0.5, 0.6) is 0 Å². The van der Waals surface area contributed by atoms with Crippen LogP contribution in [0.1, 0.15) is 78.6 Å². The lowest BCUT2D eigenvalue weighted by atomic mass is 9.87. The van der Waals surface area contributed by atoms with Crippen LogP contribution in [0.4, 0.5) is 0 Å². The number of amides is 2. The van der Waals surface area contributed by atoms with Crippen molar-refractivity contribution in [3.05, 3.63) is 0 Å². The van der Waals surface area contributed by atoms with Gasteiger partial charge < -0.3 is 15.7 Å². The maximum atomic E-state index is 12.0. The molecule has 0 aromatic carbocycles. The Kier molecular flexibility index (Phi) is 17.8. The van der Waals surface area contributed by atoms with Gasteiger partial charge in [0.1, 0.15) is 12.7 Å². The molecule has 0 aliphatic carbocycles. The zero-order valence-electron chi connectivity index (χ0n) is 19.6. The lowest BCUT2D eigenvalue weighted by Crippen LogP contribution is -2.46. The standard InChI is InChI=1S/C21H39N2O7PS/c1-4-5-6-7-8-9-10-11-18(25)32-15-14-22-17(24)12-13-23-20(27)19(26)21(2,3)16-30-31(28)29/h19,26H,4-16H2,1-3H3,(H2-,22,23,24,27,28,29)/p+1/t19-/m1/s1. The average molecular weight is 496 g/mol. The van der Waals surface area contributed by atoms with Crippen molar-refractivity contribution in [2.45, 2.75) is 84.7 Å². The normalized spacial score (nSPS) is 12.8. The molecule has 186 valence electrons. The van der Waals surface area contributed by atoms with Gasteiger partial charge in [-0.3, -0.25) is 14.4 Å². The summed E-state index contributed by atoms with van der Waals surface area (Å²) in [5.74, 6) is -0.446. The fraction of sp³-hybridized carbons (Fsp3) is 0.857. The van der Waals surface area contributed by atoms with E-state index in [9.17, 15) is 24.1 Å². The van der Waals surface area contributed by atoms with Crippen molar-refractivity contribution in [2.75, 3.05) is 25.4 Å². The van der Waals surface area contributed by atoms with Crippen molar-refractivity contribution in [1.29, 1.82) is 0 Å². The molecule has 0 spiro atoms. The fourth-order valence-electron chi connectivity index (χ4n) is 2.79. The van der Waals surface area contributed by atoms with E-state index in [0.29, 0.717) is 18.7 Å². The highest BCUT2D eigenvalue weighted by Gasteiger charge is 2.36. The predicted octanol–water partition coefficient (Wildman–Crippen LogP) is 3.06. The van der Waals surface area contributed by atoms with Gasteiger partial charge in [0.05, 0.1) is 0 Å². The Hall–Kier alpha value is -1.06. The maximum absolute atomic E-state index is 12.0. The SMILES string of the molecule is CCCCCCCCCC(=O)SCCNC(=O)CCNC(=O)[C@@H](O)C(C)(C)CO[P+](=O)O. The molecule has 4 N–H and O–H groups in total. The molecule has 0 heterocycles. The van der Waals surface area contributed by atoms with Crippen molar-refractivity contribution in [1.82, 2.24) is 10.6 Å². The minimum absolute atomic E-state index is 0.0362. The fourth-order valence-corrected chi connectivity index (χ4v) is 3.96. The number of aliphatic hydroxyl groups is 1. The van der Waals surface area contributed by atoms with Gasteiger partial charge in [-0.05, 0) is 6.42 Å². The third-order valence-corrected chi connectivity index (χ3v) is 6.14. The molecule has 2 atom stereocenters. The van der Waals surface area contributed by atoms with E-state index in [-0.39, 0.29) is 30.6 Å². The number of hydrogen-bond donors (Lipinski definition) is 4. The molecule has 0 aliphatic rings. The Morgan fingerprint density at radius 2 is 1.62 bits per heavy atom. The van der Waals surface area contributed by atoms with Gasteiger partial charge in [-0.1, -0.05) is 71.1 Å². The molecule has 2 amide bonds. The van der Waals surface area contributed by atoms with E-state index in [2.05, 4.69) is 22.1 Å². The van der Waals surface area contributed by atoms with E-state index in [4.69, 9.17) is 4.89 Å². The van der Waals surface area contributed by atoms with Crippen LogP contribution in [0.15, 0.2) is 0 Å². The van der Waals surface area contributed by atoms with Crippen molar-refractivity contribution >= 4 is 36.9 Å². The van der Waals surface area contributed by atoms with E-state index in [1.54, 1.807) is 0 Å². The first-order valence-corrected chi connectivity index (χ1v) is 13.4. The third kappa shape index (κ3) is 16.6. The van der Waals surface area contributed by atoms with Gasteiger partial charge in [-0.15, -0.1) is 9.42 Å². The second kappa shape index (κ2) is 18.4. The zero-order valence-corrected chi connectivity index (χ0v) is 21.3. The van der Waals surface area contributed by atoms with Crippen LogP contribution in [0.25, 0.3) is 0 Å². The minimum atomic E-state index is -2.82. The van der Waals surface area contributed by atoms with E-state index in [1.807, 2.05) is 0 Å². The molecule has 32 heavy (non-hydrogen) atoms. The number of unbranched alkanes of at least 4 members (excludes halogenated alkanes) is 6. The van der Waals surface area contributed by atoms with Crippen LogP contribution in [-0.2, 0) is 23.5 Å². The molecular formula is C21H40N2O7PS+. The van der Waals surface area contributed by atoms with Crippen molar-refractivity contribution < 1.29 is 33.5 Å². The summed E-state index contributed by atoms with van der Waals surface area (Å²) in [6.07, 6.45) is 7.33. The molecule has 9 nitrogen and oxygen atoms in total. The molecule has 0 aliphatic heterocycles. The number of rotatable bonds is 19. The summed E-state index contributed by atoms with van der Waals surface area (Å²) >= 11 is 1.23. The average Bonchev–Trinajstić information content (AvgIpc) is 2.74. The van der Waals surface area contributed by atoms with E-state index in [1.165, 1.54) is 57.7 Å². The summed E-state index contributed by atoms with van der Waals surface area (Å²) in [5, 5.41) is 15.4. The monoisotopic (exact) mass is 495 g/mol. The molecular weight excluding hydrogens is 455 g/mol. The van der Waals surface area contributed by atoms with E-state index in [0.717, 1.165) is 12.8 Å². The van der Waals surface area contributed by atoms with Crippen molar-refractivity contribution in [2.24, 2.45) is 5.41 Å². The molecule has 0 aromatic heterocycles. The first-order valence-electron chi connectivity index (χ1n) is 11.3. The lowest BCUT2D eigenvalue weighted by molar-refractivity contribution is -0.136. The van der Waals surface area contributed by atoms with Gasteiger partial charge in [-0.2, -0.15) is 0 Å². The maximum Gasteiger partial charge on any atom is 0.694 e. The number of aliphatic hydroxyl groups excluding tert-OH is 1. The molecule has 0 saturated carbocycles. The molecule has 0 aromatic rings. The van der Waals surface area contributed by atoms with Crippen molar-refractivity contribution in [3.8, 4) is 0 Å². The Morgan fingerprint density at radius 3 is 2.25 bits per heavy atom. The number of thioether (sulfide) groups is 1. The van der Waals surface area contributed by atoms with E-state index < -0.39 is 25.7 Å². The first-order chi connectivity index (χ1) is 15.1. The second-order valence-electron chi connectivity index (χ2n) is 8.39. The topological polar surface area (TPSA) is 142 Å². The summed E-state index contributed by atoms with van der Waals surface area (Å²) in [6, 6.07) is 0. The summed E-state index contributed by atoms with van der Waals surface area (Å²) in [5.41, 5.74) is -1.07. The van der Waals surface area contributed by atoms with Crippen LogP contribution in [-0.4, -0.2) is 58.5 Å². The lowest BCUT2D eigenvalue weighted by Gasteiger charge is -2.26. The Bertz CT molecular complexity index is 590. The van der Waals surface area contributed by atoms with Crippen LogP contribution < -0.4 is 10.6 Å². The Morgan fingerprint density at radius 1 is 1.00 bits per heavy atom. The summed E-state index contributed by atoms with van der Waals surface area (Å²) in [6.45, 7) is 5.37. The zero-order chi connectivity index (χ0) is 24.4. The summed E-state index contributed by atoms with van der Waals surface area (Å²) in [4.78, 5) is 44.4. The highest BCUT2D eigenvalue weighted by atomic mass is 32.2. The van der Waals surface area contributed by atoms with E-state index >= 15 is 0 Å². The van der Waals surface area contributed by atoms with Crippen LogP contribution in [0.2, 0.25) is 0 Å². The smallest absolute Gasteiger partial charge is 0.383 e. The third-order valence-electron chi connectivity index (χ3n) is 4.86. The molecule has 1 unspecified atom stereocenters. The number of carbonyl (C=O) groups is 3. The van der Waals surface area contributed by atoms with Crippen LogP contribution >= 0.6 is 20.0 Å². The molecule has 0 saturated heterocycles. The Labute approximate surface area is 196 Å². The van der Waals surface area contributed by atoms with Gasteiger partial charge in [0.2, 0.25) is 11.8 Å². The van der Waals surface area contributed by atoms with Gasteiger partial charge in [0, 0.05) is 41.7 Å². The minimum Gasteiger partial charge on any atom is -0.383 e. The molecule has 0 fully saturated rings.